The smallest absolute Gasteiger partial charge is 0.331 e. The molecule has 0 aromatic rings. The molecule has 0 saturated carbocycles. The first-order valence-corrected chi connectivity index (χ1v) is 6.38. The summed E-state index contributed by atoms with van der Waals surface area (Å²) in [6.45, 7) is 0.360. The summed E-state index contributed by atoms with van der Waals surface area (Å²) < 4.78 is 30.5. The molecule has 0 spiro atoms. The maximum Gasteiger partial charge on any atom is 0.331 e. The first-order valence-electron chi connectivity index (χ1n) is 5.15. The predicted octanol–water partition coefficient (Wildman–Crippen LogP) is 0.376. The van der Waals surface area contributed by atoms with Gasteiger partial charge >= 0.3 is 20.2 Å². The molecule has 0 saturated heterocycles. The van der Waals surface area contributed by atoms with Gasteiger partial charge in [-0.05, 0) is 0 Å². The molecular weight excluding hydrogens is 263 g/mol. The monoisotopic (exact) mass is 274 g/mol. The van der Waals surface area contributed by atoms with Crippen LogP contribution < -0.4 is 0 Å². The molecule has 2 aliphatic rings. The molecule has 8 heteroatoms. The van der Waals surface area contributed by atoms with Crippen LogP contribution in [0.4, 0.5) is 0 Å². The molecule has 0 unspecified atom stereocenters. The van der Waals surface area contributed by atoms with Crippen LogP contribution in [0.3, 0.4) is 0 Å². The van der Waals surface area contributed by atoms with E-state index in [0.29, 0.717) is 11.1 Å². The van der Waals surface area contributed by atoms with Crippen molar-refractivity contribution in [1.82, 2.24) is 0 Å². The third-order valence-corrected chi connectivity index (χ3v) is 2.95. The van der Waals surface area contributed by atoms with Crippen molar-refractivity contribution in [2.75, 3.05) is 26.4 Å². The quantitative estimate of drug-likeness (QED) is 0.511. The molecule has 0 aliphatic carbocycles. The van der Waals surface area contributed by atoms with E-state index in [1.165, 1.54) is 12.2 Å². The van der Waals surface area contributed by atoms with Gasteiger partial charge < -0.3 is 18.5 Å². The maximum atomic E-state index is 11.4. The van der Waals surface area contributed by atoms with E-state index in [9.17, 15) is 14.2 Å². The van der Waals surface area contributed by atoms with Crippen LogP contribution in [0, 0.1) is 0 Å². The SMILES string of the molecule is O=C1C=C(CO[PH](=O)OCC2=CC(=O)OC2)CO1. The molecule has 0 radical (unpaired) electrons. The molecule has 18 heavy (non-hydrogen) atoms. The Hall–Kier alpha value is -1.43. The van der Waals surface area contributed by atoms with E-state index in [-0.39, 0.29) is 26.4 Å². The topological polar surface area (TPSA) is 88.1 Å². The molecule has 98 valence electrons. The molecule has 2 rings (SSSR count). The summed E-state index contributed by atoms with van der Waals surface area (Å²) in [6, 6.07) is 0. The first-order chi connectivity index (χ1) is 8.63. The van der Waals surface area contributed by atoms with Gasteiger partial charge in [0, 0.05) is 23.3 Å². The number of ether oxygens (including phenoxy) is 2. The van der Waals surface area contributed by atoms with Crippen molar-refractivity contribution < 1.29 is 32.7 Å². The Morgan fingerprint density at radius 3 is 1.78 bits per heavy atom. The molecule has 0 fully saturated rings. The average molecular weight is 274 g/mol. The van der Waals surface area contributed by atoms with Crippen molar-refractivity contribution in [1.29, 1.82) is 0 Å². The highest BCUT2D eigenvalue weighted by Crippen LogP contribution is 2.26. The van der Waals surface area contributed by atoms with Gasteiger partial charge in [0.1, 0.15) is 13.2 Å². The minimum absolute atomic E-state index is 0.0258. The van der Waals surface area contributed by atoms with E-state index in [1.54, 1.807) is 0 Å². The lowest BCUT2D eigenvalue weighted by molar-refractivity contribution is -0.135. The van der Waals surface area contributed by atoms with Crippen molar-refractivity contribution in [3.8, 4) is 0 Å². The normalized spacial score (nSPS) is 18.7. The fraction of sp³-hybridized carbons (Fsp3) is 0.400. The average Bonchev–Trinajstić information content (AvgIpc) is 2.93. The summed E-state index contributed by atoms with van der Waals surface area (Å²) in [5.74, 6) is -0.859. The van der Waals surface area contributed by atoms with Crippen LogP contribution in [0.25, 0.3) is 0 Å². The van der Waals surface area contributed by atoms with Gasteiger partial charge in [0.05, 0.1) is 13.2 Å². The Labute approximate surface area is 103 Å². The van der Waals surface area contributed by atoms with Crippen LogP contribution in [-0.4, -0.2) is 38.4 Å². The maximum absolute atomic E-state index is 11.4. The second-order valence-corrected chi connectivity index (χ2v) is 4.73. The highest BCUT2D eigenvalue weighted by atomic mass is 31.1. The summed E-state index contributed by atoms with van der Waals surface area (Å²) in [6.07, 6.45) is 2.59. The van der Waals surface area contributed by atoms with E-state index in [4.69, 9.17) is 9.05 Å². The molecular formula is C10H11O7P. The Morgan fingerprint density at radius 1 is 1.00 bits per heavy atom. The van der Waals surface area contributed by atoms with E-state index in [2.05, 4.69) is 9.47 Å². The summed E-state index contributed by atoms with van der Waals surface area (Å²) in [4.78, 5) is 21.4. The van der Waals surface area contributed by atoms with Gasteiger partial charge in [-0.3, -0.25) is 4.57 Å². The molecule has 0 atom stereocenters. The van der Waals surface area contributed by atoms with E-state index in [1.807, 2.05) is 0 Å². The van der Waals surface area contributed by atoms with Crippen molar-refractivity contribution in [3.05, 3.63) is 23.3 Å². The standard InChI is InChI=1S/C10H11O7P/c11-9-1-7(3-14-9)5-16-18(13)17-6-8-2-10(12)15-4-8/h1-2,18H,3-6H2. The van der Waals surface area contributed by atoms with Crippen LogP contribution in [0.2, 0.25) is 0 Å². The van der Waals surface area contributed by atoms with Gasteiger partial charge in [-0.15, -0.1) is 0 Å². The fourth-order valence-corrected chi connectivity index (χ4v) is 2.03. The summed E-state index contributed by atoms with van der Waals surface area (Å²) in [5.41, 5.74) is 1.22. The van der Waals surface area contributed by atoms with Crippen LogP contribution in [0.15, 0.2) is 23.3 Å². The zero-order chi connectivity index (χ0) is 13.0. The third-order valence-electron chi connectivity index (χ3n) is 2.19. The van der Waals surface area contributed by atoms with Crippen LogP contribution >= 0.6 is 8.25 Å². The number of carbonyl (C=O) groups excluding carboxylic acids is 2. The molecule has 0 aromatic heterocycles. The van der Waals surface area contributed by atoms with Gasteiger partial charge in [-0.1, -0.05) is 0 Å². The van der Waals surface area contributed by atoms with Gasteiger partial charge in [0.15, 0.2) is 0 Å². The molecule has 0 bridgehead atoms. The number of hydrogen-bond donors (Lipinski definition) is 0. The first kappa shape index (κ1) is 13.0. The van der Waals surface area contributed by atoms with Crippen molar-refractivity contribution >= 4 is 20.2 Å². The summed E-state index contributed by atoms with van der Waals surface area (Å²) >= 11 is 0. The number of hydrogen-bond acceptors (Lipinski definition) is 7. The third kappa shape index (κ3) is 3.80. The molecule has 0 N–H and O–H groups in total. The van der Waals surface area contributed by atoms with Crippen molar-refractivity contribution in [2.24, 2.45) is 0 Å². The van der Waals surface area contributed by atoms with Gasteiger partial charge in [0.2, 0.25) is 0 Å². The summed E-state index contributed by atoms with van der Waals surface area (Å²) in [7, 11) is -2.66. The Balaban J connectivity index is 1.66. The molecule has 2 aliphatic heterocycles. The van der Waals surface area contributed by atoms with Crippen LogP contribution in [0.5, 0.6) is 0 Å². The van der Waals surface area contributed by atoms with Crippen molar-refractivity contribution in [3.63, 3.8) is 0 Å². The van der Waals surface area contributed by atoms with Gasteiger partial charge in [-0.2, -0.15) is 0 Å². The lowest BCUT2D eigenvalue weighted by atomic mass is 10.3. The second kappa shape index (κ2) is 5.95. The molecule has 2 heterocycles. The number of carbonyl (C=O) groups is 2. The summed E-state index contributed by atoms with van der Waals surface area (Å²) in [5, 5.41) is 0. The van der Waals surface area contributed by atoms with E-state index in [0.717, 1.165) is 0 Å². The zero-order valence-electron chi connectivity index (χ0n) is 9.34. The number of esters is 2. The largest absolute Gasteiger partial charge is 0.458 e. The fourth-order valence-electron chi connectivity index (χ4n) is 1.34. The number of cyclic esters (lactones) is 2. The minimum Gasteiger partial charge on any atom is -0.458 e. The molecule has 0 aromatic carbocycles. The van der Waals surface area contributed by atoms with E-state index >= 15 is 0 Å². The predicted molar refractivity (Wildman–Crippen MR) is 59.0 cm³/mol. The Kier molecular flexibility index (Phi) is 4.30. The second-order valence-electron chi connectivity index (χ2n) is 3.65. The van der Waals surface area contributed by atoms with Crippen molar-refractivity contribution in [2.45, 2.75) is 0 Å². The highest BCUT2D eigenvalue weighted by molar-refractivity contribution is 7.33. The number of rotatable bonds is 6. The highest BCUT2D eigenvalue weighted by Gasteiger charge is 2.16. The van der Waals surface area contributed by atoms with E-state index < -0.39 is 20.2 Å². The van der Waals surface area contributed by atoms with Gasteiger partial charge in [0.25, 0.3) is 0 Å². The van der Waals surface area contributed by atoms with Crippen LogP contribution in [0.1, 0.15) is 0 Å². The lowest BCUT2D eigenvalue weighted by Gasteiger charge is -2.05. The minimum atomic E-state index is -2.66. The zero-order valence-corrected chi connectivity index (χ0v) is 10.3. The van der Waals surface area contributed by atoms with Gasteiger partial charge in [-0.25, -0.2) is 9.59 Å². The molecule has 0 amide bonds. The lowest BCUT2D eigenvalue weighted by Crippen LogP contribution is -1.99. The van der Waals surface area contributed by atoms with Crippen LogP contribution in [-0.2, 0) is 32.7 Å². The Morgan fingerprint density at radius 2 is 1.44 bits per heavy atom. The Bertz CT molecular complexity index is 411. The molecule has 7 nitrogen and oxygen atoms in total.